The van der Waals surface area contributed by atoms with E-state index in [2.05, 4.69) is 11.0 Å². The van der Waals surface area contributed by atoms with Gasteiger partial charge in [-0.2, -0.15) is 4.31 Å². The highest BCUT2D eigenvalue weighted by molar-refractivity contribution is 7.98. The summed E-state index contributed by atoms with van der Waals surface area (Å²) in [7, 11) is -3.53. The Morgan fingerprint density at radius 2 is 1.63 bits per heavy atom. The van der Waals surface area contributed by atoms with E-state index in [-0.39, 0.29) is 18.6 Å². The highest BCUT2D eigenvalue weighted by Crippen LogP contribution is 2.33. The number of sulfonamides is 1. The van der Waals surface area contributed by atoms with Crippen LogP contribution < -0.4 is 9.47 Å². The van der Waals surface area contributed by atoms with Gasteiger partial charge >= 0.3 is 0 Å². The molecule has 0 spiro atoms. The average Bonchev–Trinajstić information content (AvgIpc) is 3.37. The number of piperidine rings is 1. The minimum atomic E-state index is -3.53. The molecule has 0 N–H and O–H groups in total. The first-order valence-corrected chi connectivity index (χ1v) is 14.6. The Labute approximate surface area is 211 Å². The molecule has 2 aromatic carbocycles. The lowest BCUT2D eigenvalue weighted by Gasteiger charge is -2.38. The van der Waals surface area contributed by atoms with Crippen molar-refractivity contribution < 1.29 is 22.7 Å². The first-order chi connectivity index (χ1) is 16.9. The van der Waals surface area contributed by atoms with Gasteiger partial charge in [0.2, 0.25) is 22.7 Å². The van der Waals surface area contributed by atoms with Gasteiger partial charge in [0.05, 0.1) is 4.90 Å². The van der Waals surface area contributed by atoms with Crippen LogP contribution in [0.1, 0.15) is 18.4 Å². The van der Waals surface area contributed by atoms with Gasteiger partial charge in [0, 0.05) is 56.6 Å². The molecule has 2 aromatic rings. The van der Waals surface area contributed by atoms with Crippen LogP contribution in [-0.2, 0) is 21.4 Å². The van der Waals surface area contributed by atoms with Crippen LogP contribution >= 0.6 is 11.8 Å². The monoisotopic (exact) mass is 517 g/mol. The van der Waals surface area contributed by atoms with E-state index in [0.29, 0.717) is 43.9 Å². The predicted octanol–water partition coefficient (Wildman–Crippen LogP) is 2.88. The molecule has 8 nitrogen and oxygen atoms in total. The summed E-state index contributed by atoms with van der Waals surface area (Å²) in [5, 5.41) is 0. The molecule has 0 unspecified atom stereocenters. The van der Waals surface area contributed by atoms with Crippen molar-refractivity contribution in [2.75, 3.05) is 52.3 Å². The quantitative estimate of drug-likeness (QED) is 0.545. The molecular weight excluding hydrogens is 486 g/mol. The van der Waals surface area contributed by atoms with Crippen LogP contribution in [0.25, 0.3) is 0 Å². The van der Waals surface area contributed by atoms with E-state index in [4.69, 9.17) is 9.47 Å². The van der Waals surface area contributed by atoms with E-state index in [9.17, 15) is 13.2 Å². The van der Waals surface area contributed by atoms with E-state index >= 15 is 0 Å². The van der Waals surface area contributed by atoms with E-state index in [1.165, 1.54) is 9.87 Å². The standard InChI is InChI=1S/C25H31N3O5S2/c1-34-21-3-5-22(6-4-21)35(30,31)28-10-8-20(9-11-28)25(29)27-14-12-26(13-15-27)17-19-2-7-23-24(16-19)33-18-32-23/h2-7,16,20H,8-15,17-18H2,1H3. The molecule has 35 heavy (non-hydrogen) atoms. The molecule has 0 saturated carbocycles. The van der Waals surface area contributed by atoms with Gasteiger partial charge in [-0.3, -0.25) is 9.69 Å². The van der Waals surface area contributed by atoms with E-state index < -0.39 is 10.0 Å². The fourth-order valence-corrected chi connectivity index (χ4v) is 6.80. The summed E-state index contributed by atoms with van der Waals surface area (Å²) >= 11 is 1.58. The maximum Gasteiger partial charge on any atom is 0.243 e. The van der Waals surface area contributed by atoms with Gasteiger partial charge in [0.15, 0.2) is 11.5 Å². The topological polar surface area (TPSA) is 79.4 Å². The zero-order chi connectivity index (χ0) is 24.4. The molecule has 2 fully saturated rings. The van der Waals surface area contributed by atoms with E-state index in [1.807, 2.05) is 35.4 Å². The predicted molar refractivity (Wildman–Crippen MR) is 134 cm³/mol. The van der Waals surface area contributed by atoms with Crippen molar-refractivity contribution in [3.8, 4) is 11.5 Å². The summed E-state index contributed by atoms with van der Waals surface area (Å²) in [5.74, 6) is 1.63. The Morgan fingerprint density at radius 3 is 2.31 bits per heavy atom. The Kier molecular flexibility index (Phi) is 7.24. The van der Waals surface area contributed by atoms with Crippen LogP contribution in [0.15, 0.2) is 52.3 Å². The number of piperazine rings is 1. The number of rotatable bonds is 6. The number of carbonyl (C=O) groups excluding carboxylic acids is 1. The second-order valence-corrected chi connectivity index (χ2v) is 12.0. The second-order valence-electron chi connectivity index (χ2n) is 9.14. The Morgan fingerprint density at radius 1 is 0.943 bits per heavy atom. The van der Waals surface area contributed by atoms with Gasteiger partial charge in [0.1, 0.15) is 0 Å². The summed E-state index contributed by atoms with van der Waals surface area (Å²) < 4.78 is 38.4. The average molecular weight is 518 g/mol. The van der Waals surface area contributed by atoms with Crippen LogP contribution in [-0.4, -0.2) is 80.7 Å². The molecule has 10 heteroatoms. The Bertz CT molecular complexity index is 1160. The largest absolute Gasteiger partial charge is 0.454 e. The summed E-state index contributed by atoms with van der Waals surface area (Å²) in [6.07, 6.45) is 3.10. The van der Waals surface area contributed by atoms with Crippen LogP contribution in [0, 0.1) is 5.92 Å². The van der Waals surface area contributed by atoms with Gasteiger partial charge in [-0.25, -0.2) is 8.42 Å². The SMILES string of the molecule is CSc1ccc(S(=O)(=O)N2CCC(C(=O)N3CCN(Cc4ccc5c(c4)OCO5)CC3)CC2)cc1. The molecule has 5 rings (SSSR count). The van der Waals surface area contributed by atoms with Gasteiger partial charge < -0.3 is 14.4 Å². The Balaban J connectivity index is 1.10. The van der Waals surface area contributed by atoms with Crippen LogP contribution in [0.2, 0.25) is 0 Å². The highest BCUT2D eigenvalue weighted by Gasteiger charge is 2.34. The smallest absolute Gasteiger partial charge is 0.243 e. The third-order valence-electron chi connectivity index (χ3n) is 7.03. The molecule has 1 amide bonds. The number of ether oxygens (including phenoxy) is 2. The maximum atomic E-state index is 13.1. The van der Waals surface area contributed by atoms with Crippen molar-refractivity contribution in [3.05, 3.63) is 48.0 Å². The minimum Gasteiger partial charge on any atom is -0.454 e. The zero-order valence-electron chi connectivity index (χ0n) is 19.9. The number of hydrogen-bond acceptors (Lipinski definition) is 7. The fourth-order valence-electron chi connectivity index (χ4n) is 4.92. The van der Waals surface area contributed by atoms with E-state index in [1.54, 1.807) is 23.9 Å². The summed E-state index contributed by atoms with van der Waals surface area (Å²) in [4.78, 5) is 18.8. The third kappa shape index (κ3) is 5.30. The second kappa shape index (κ2) is 10.4. The molecule has 0 radical (unpaired) electrons. The molecule has 0 bridgehead atoms. The number of nitrogens with zero attached hydrogens (tertiary/aromatic N) is 3. The molecular formula is C25H31N3O5S2. The molecule has 0 atom stereocenters. The molecule has 3 aliphatic heterocycles. The van der Waals surface area contributed by atoms with Gasteiger partial charge in [-0.05, 0) is 61.1 Å². The van der Waals surface area contributed by atoms with Crippen LogP contribution in [0.5, 0.6) is 11.5 Å². The number of benzene rings is 2. The minimum absolute atomic E-state index is 0.110. The summed E-state index contributed by atoms with van der Waals surface area (Å²) in [6, 6.07) is 13.0. The number of hydrogen-bond donors (Lipinski definition) is 0. The van der Waals surface area contributed by atoms with Gasteiger partial charge in [0.25, 0.3) is 0 Å². The summed E-state index contributed by atoms with van der Waals surface area (Å²) in [6.45, 7) is 4.88. The van der Waals surface area contributed by atoms with Gasteiger partial charge in [-0.15, -0.1) is 11.8 Å². The number of amides is 1. The third-order valence-corrected chi connectivity index (χ3v) is 9.68. The lowest BCUT2D eigenvalue weighted by molar-refractivity contribution is -0.138. The molecule has 3 aliphatic rings. The van der Waals surface area contributed by atoms with Crippen LogP contribution in [0.4, 0.5) is 0 Å². The zero-order valence-corrected chi connectivity index (χ0v) is 21.5. The molecule has 3 heterocycles. The van der Waals surface area contributed by atoms with Gasteiger partial charge in [-0.1, -0.05) is 6.07 Å². The fraction of sp³-hybridized carbons (Fsp3) is 0.480. The maximum absolute atomic E-state index is 13.1. The number of thioether (sulfide) groups is 1. The molecule has 0 aromatic heterocycles. The van der Waals surface area contributed by atoms with Crippen molar-refractivity contribution in [1.29, 1.82) is 0 Å². The molecule has 188 valence electrons. The van der Waals surface area contributed by atoms with Crippen molar-refractivity contribution >= 4 is 27.7 Å². The van der Waals surface area contributed by atoms with Crippen molar-refractivity contribution in [2.45, 2.75) is 29.2 Å². The van der Waals surface area contributed by atoms with Crippen molar-refractivity contribution in [1.82, 2.24) is 14.1 Å². The lowest BCUT2D eigenvalue weighted by atomic mass is 9.96. The van der Waals surface area contributed by atoms with Crippen LogP contribution in [0.3, 0.4) is 0 Å². The first kappa shape index (κ1) is 24.4. The number of carbonyl (C=O) groups is 1. The molecule has 2 saturated heterocycles. The lowest BCUT2D eigenvalue weighted by Crippen LogP contribution is -2.51. The normalized spacial score (nSPS) is 19.7. The first-order valence-electron chi connectivity index (χ1n) is 12.0. The molecule has 0 aliphatic carbocycles. The van der Waals surface area contributed by atoms with Crippen molar-refractivity contribution in [2.24, 2.45) is 5.92 Å². The Hall–Kier alpha value is -2.27. The highest BCUT2D eigenvalue weighted by atomic mass is 32.2. The van der Waals surface area contributed by atoms with E-state index in [0.717, 1.165) is 36.0 Å². The number of fused-ring (bicyclic) bond motifs is 1. The summed E-state index contributed by atoms with van der Waals surface area (Å²) in [5.41, 5.74) is 1.17. The van der Waals surface area contributed by atoms with Crippen molar-refractivity contribution in [3.63, 3.8) is 0 Å².